The number of fused-ring (bicyclic) bond motifs is 3. The molecule has 2 aliphatic carbocycles. The normalized spacial score (nSPS) is 20.1. The summed E-state index contributed by atoms with van der Waals surface area (Å²) in [7, 11) is 0. The van der Waals surface area contributed by atoms with Crippen molar-refractivity contribution >= 4 is 12.1 Å². The number of aromatic carboxylic acids is 1. The molecule has 7 heteroatoms. The minimum Gasteiger partial charge on any atom is -0.478 e. The quantitative estimate of drug-likeness (QED) is 0.408. The van der Waals surface area contributed by atoms with Gasteiger partial charge in [-0.15, -0.1) is 0 Å². The van der Waals surface area contributed by atoms with Crippen LogP contribution < -0.4 is 5.32 Å². The highest BCUT2D eigenvalue weighted by Gasteiger charge is 2.41. The largest absolute Gasteiger partial charge is 0.478 e. The van der Waals surface area contributed by atoms with E-state index in [0.29, 0.717) is 0 Å². The average Bonchev–Trinajstić information content (AvgIpc) is 3.54. The fourth-order valence-corrected chi connectivity index (χ4v) is 6.83. The summed E-state index contributed by atoms with van der Waals surface area (Å²) in [6.07, 6.45) is 8.40. The highest BCUT2D eigenvalue weighted by Crippen LogP contribution is 2.44. The Morgan fingerprint density at radius 2 is 1.68 bits per heavy atom. The zero-order chi connectivity index (χ0) is 26.1. The molecule has 2 aromatic carbocycles. The van der Waals surface area contributed by atoms with Crippen LogP contribution >= 0.6 is 0 Å². The summed E-state index contributed by atoms with van der Waals surface area (Å²) in [6.45, 7) is 1.12. The number of carboxylic acids is 1. The zero-order valence-electron chi connectivity index (χ0n) is 21.5. The van der Waals surface area contributed by atoms with E-state index in [9.17, 15) is 14.7 Å². The standard InChI is InChI=1S/C31H34N2O5/c34-29(35)26-13-17-37-28(26)19-33(21-12-16-32-31(18-21)14-6-1-7-15-31)30(36)38-20-27-24-10-4-2-8-22(24)23-9-3-5-11-25(23)27/h2-5,8-11,13,17,21,27,32H,1,6-7,12,14-16,18-20H2,(H,34,35). The minimum atomic E-state index is -1.06. The Hall–Kier alpha value is -3.58. The average molecular weight is 515 g/mol. The number of nitrogens with zero attached hydrogens (tertiary/aromatic N) is 1. The number of carbonyl (C=O) groups excluding carboxylic acids is 1. The van der Waals surface area contributed by atoms with Gasteiger partial charge in [-0.25, -0.2) is 9.59 Å². The first-order valence-electron chi connectivity index (χ1n) is 13.7. The number of hydrogen-bond donors (Lipinski definition) is 2. The molecular weight excluding hydrogens is 480 g/mol. The van der Waals surface area contributed by atoms with E-state index in [1.807, 2.05) is 24.3 Å². The van der Waals surface area contributed by atoms with Gasteiger partial charge in [-0.2, -0.15) is 0 Å². The van der Waals surface area contributed by atoms with Crippen molar-refractivity contribution in [1.29, 1.82) is 0 Å². The molecule has 3 aliphatic rings. The summed E-state index contributed by atoms with van der Waals surface area (Å²) < 4.78 is 11.6. The van der Waals surface area contributed by atoms with E-state index >= 15 is 0 Å². The molecule has 1 saturated carbocycles. The lowest BCUT2D eigenvalue weighted by molar-refractivity contribution is 0.0462. The smallest absolute Gasteiger partial charge is 0.410 e. The van der Waals surface area contributed by atoms with E-state index in [-0.39, 0.29) is 42.0 Å². The van der Waals surface area contributed by atoms with Crippen LogP contribution in [0.25, 0.3) is 11.1 Å². The highest BCUT2D eigenvalue weighted by atomic mass is 16.6. The number of amides is 1. The Morgan fingerprint density at radius 3 is 2.37 bits per heavy atom. The van der Waals surface area contributed by atoms with Crippen molar-refractivity contribution in [3.63, 3.8) is 0 Å². The molecule has 6 rings (SSSR count). The van der Waals surface area contributed by atoms with Crippen LogP contribution in [0.5, 0.6) is 0 Å². The van der Waals surface area contributed by atoms with Crippen LogP contribution in [0.2, 0.25) is 0 Å². The minimum absolute atomic E-state index is 0.0296. The topological polar surface area (TPSA) is 92.0 Å². The third kappa shape index (κ3) is 4.60. The first-order chi connectivity index (χ1) is 18.5. The van der Waals surface area contributed by atoms with E-state index in [1.54, 1.807) is 4.90 Å². The van der Waals surface area contributed by atoms with Gasteiger partial charge in [-0.3, -0.25) is 4.90 Å². The van der Waals surface area contributed by atoms with Crippen LogP contribution in [0.1, 0.15) is 78.1 Å². The lowest BCUT2D eigenvalue weighted by atomic mass is 9.74. The molecule has 1 unspecified atom stereocenters. The molecule has 7 nitrogen and oxygen atoms in total. The molecule has 1 amide bonds. The molecule has 1 atom stereocenters. The number of furan rings is 1. The van der Waals surface area contributed by atoms with E-state index in [0.717, 1.165) is 43.4 Å². The molecule has 0 radical (unpaired) electrons. The number of carbonyl (C=O) groups is 2. The van der Waals surface area contributed by atoms with Crippen molar-refractivity contribution in [2.24, 2.45) is 0 Å². The second-order valence-corrected chi connectivity index (χ2v) is 10.9. The number of hydrogen-bond acceptors (Lipinski definition) is 5. The summed E-state index contributed by atoms with van der Waals surface area (Å²) in [5.41, 5.74) is 4.80. The van der Waals surface area contributed by atoms with Crippen molar-refractivity contribution in [2.45, 2.75) is 69.0 Å². The second kappa shape index (κ2) is 10.3. The first kappa shape index (κ1) is 24.7. The zero-order valence-corrected chi connectivity index (χ0v) is 21.5. The second-order valence-electron chi connectivity index (χ2n) is 10.9. The lowest BCUT2D eigenvalue weighted by Crippen LogP contribution is -2.58. The van der Waals surface area contributed by atoms with Gasteiger partial charge in [0.25, 0.3) is 0 Å². The van der Waals surface area contributed by atoms with E-state index in [4.69, 9.17) is 9.15 Å². The number of piperidine rings is 1. The monoisotopic (exact) mass is 514 g/mol. The first-order valence-corrected chi connectivity index (χ1v) is 13.7. The van der Waals surface area contributed by atoms with Gasteiger partial charge in [-0.1, -0.05) is 67.8 Å². The van der Waals surface area contributed by atoms with Crippen LogP contribution in [-0.4, -0.2) is 46.8 Å². The molecule has 1 saturated heterocycles. The number of benzene rings is 2. The Kier molecular flexibility index (Phi) is 6.70. The maximum absolute atomic E-state index is 13.8. The van der Waals surface area contributed by atoms with Crippen LogP contribution in [0.3, 0.4) is 0 Å². The maximum atomic E-state index is 13.8. The molecule has 0 bridgehead atoms. The van der Waals surface area contributed by atoms with Gasteiger partial charge in [0.05, 0.1) is 12.8 Å². The predicted octanol–water partition coefficient (Wildman–Crippen LogP) is 6.18. The van der Waals surface area contributed by atoms with Crippen LogP contribution in [0, 0.1) is 0 Å². The fourth-order valence-electron chi connectivity index (χ4n) is 6.83. The summed E-state index contributed by atoms with van der Waals surface area (Å²) in [5, 5.41) is 13.4. The molecule has 1 aliphatic heterocycles. The molecule has 1 spiro atoms. The molecule has 2 fully saturated rings. The summed E-state index contributed by atoms with van der Waals surface area (Å²) in [4.78, 5) is 27.3. The third-order valence-electron chi connectivity index (χ3n) is 8.72. The van der Waals surface area contributed by atoms with Gasteiger partial charge in [0.15, 0.2) is 0 Å². The van der Waals surface area contributed by atoms with Crippen molar-refractivity contribution < 1.29 is 23.8 Å². The molecular formula is C31H34N2O5. The van der Waals surface area contributed by atoms with Crippen molar-refractivity contribution in [3.8, 4) is 11.1 Å². The van der Waals surface area contributed by atoms with Crippen LogP contribution in [-0.2, 0) is 11.3 Å². The summed E-state index contributed by atoms with van der Waals surface area (Å²) >= 11 is 0. The lowest BCUT2D eigenvalue weighted by Gasteiger charge is -2.47. The predicted molar refractivity (Wildman–Crippen MR) is 143 cm³/mol. The number of carboxylic acid groups (broad SMARTS) is 1. The SMILES string of the molecule is O=C(O)c1ccoc1CN(C(=O)OCC1c2ccccc2-c2ccccc21)C1CCNC2(CCCCC2)C1. The third-order valence-corrected chi connectivity index (χ3v) is 8.72. The molecule has 3 aromatic rings. The van der Waals surface area contributed by atoms with Gasteiger partial charge in [-0.05, 0) is 60.5 Å². The number of ether oxygens (including phenoxy) is 1. The molecule has 198 valence electrons. The van der Waals surface area contributed by atoms with E-state index < -0.39 is 12.1 Å². The van der Waals surface area contributed by atoms with E-state index in [2.05, 4.69) is 29.6 Å². The molecule has 2 heterocycles. The Balaban J connectivity index is 1.25. The maximum Gasteiger partial charge on any atom is 0.410 e. The van der Waals surface area contributed by atoms with Gasteiger partial charge < -0.3 is 19.6 Å². The Bertz CT molecular complexity index is 1270. The molecule has 2 N–H and O–H groups in total. The number of rotatable bonds is 6. The van der Waals surface area contributed by atoms with Crippen molar-refractivity contribution in [2.75, 3.05) is 13.2 Å². The van der Waals surface area contributed by atoms with Gasteiger partial charge in [0.1, 0.15) is 17.9 Å². The van der Waals surface area contributed by atoms with Crippen LogP contribution in [0.15, 0.2) is 65.3 Å². The fraction of sp³-hybridized carbons (Fsp3) is 0.419. The Labute approximate surface area is 222 Å². The van der Waals surface area contributed by atoms with Crippen LogP contribution in [0.4, 0.5) is 4.79 Å². The molecule has 1 aromatic heterocycles. The van der Waals surface area contributed by atoms with Crippen molar-refractivity contribution in [3.05, 3.63) is 83.3 Å². The molecule has 38 heavy (non-hydrogen) atoms. The van der Waals surface area contributed by atoms with E-state index in [1.165, 1.54) is 42.7 Å². The highest BCUT2D eigenvalue weighted by molar-refractivity contribution is 5.88. The van der Waals surface area contributed by atoms with Gasteiger partial charge >= 0.3 is 12.1 Å². The van der Waals surface area contributed by atoms with Crippen molar-refractivity contribution in [1.82, 2.24) is 10.2 Å². The Morgan fingerprint density at radius 1 is 1.00 bits per heavy atom. The summed E-state index contributed by atoms with van der Waals surface area (Å²) in [5.74, 6) is -0.818. The number of nitrogens with one attached hydrogen (secondary N) is 1. The van der Waals surface area contributed by atoms with Gasteiger partial charge in [0.2, 0.25) is 0 Å². The van der Waals surface area contributed by atoms with Gasteiger partial charge in [0, 0.05) is 17.5 Å². The summed E-state index contributed by atoms with van der Waals surface area (Å²) in [6, 6.07) is 17.9.